The zero-order valence-electron chi connectivity index (χ0n) is 16.2. The highest BCUT2D eigenvalue weighted by atomic mass is 16.4. The van der Waals surface area contributed by atoms with Gasteiger partial charge in [-0.2, -0.15) is 0 Å². The molecule has 1 unspecified atom stereocenters. The van der Waals surface area contributed by atoms with Gasteiger partial charge in [0.2, 0.25) is 0 Å². The summed E-state index contributed by atoms with van der Waals surface area (Å²) in [7, 11) is 0. The second-order valence-electron chi connectivity index (χ2n) is 7.96. The second-order valence-corrected chi connectivity index (χ2v) is 7.96. The maximum Gasteiger partial charge on any atom is 0.354 e. The lowest BCUT2D eigenvalue weighted by molar-refractivity contribution is 0.0681. The van der Waals surface area contributed by atoms with E-state index in [9.17, 15) is 19.8 Å². The Bertz CT molecular complexity index is 1180. The number of hydrogen-bond donors (Lipinski definition) is 3. The van der Waals surface area contributed by atoms with E-state index in [4.69, 9.17) is 5.73 Å². The molecule has 0 radical (unpaired) electrons. The van der Waals surface area contributed by atoms with Crippen molar-refractivity contribution in [1.82, 2.24) is 9.55 Å². The van der Waals surface area contributed by atoms with Crippen LogP contribution in [0.5, 0.6) is 0 Å². The monoisotopic (exact) mass is 403 g/mol. The van der Waals surface area contributed by atoms with E-state index in [1.54, 1.807) is 12.3 Å². The minimum atomic E-state index is -1.11. The Morgan fingerprint density at radius 2 is 1.83 bits per heavy atom. The number of aromatic carboxylic acids is 2. The summed E-state index contributed by atoms with van der Waals surface area (Å²) in [6, 6.07) is 10.7. The van der Waals surface area contributed by atoms with Crippen molar-refractivity contribution in [2.45, 2.75) is 31.7 Å². The first-order valence-corrected chi connectivity index (χ1v) is 10.0. The van der Waals surface area contributed by atoms with Crippen molar-refractivity contribution in [2.24, 2.45) is 11.7 Å². The fraction of sp³-hybridized carbons (Fsp3) is 0.261. The molecule has 3 aromatic rings. The number of nitrogens with zero attached hydrogens (tertiary/aromatic N) is 2. The van der Waals surface area contributed by atoms with Crippen molar-refractivity contribution < 1.29 is 19.8 Å². The number of carbonyl (C=O) groups is 2. The van der Waals surface area contributed by atoms with Crippen LogP contribution in [0.1, 0.15) is 56.6 Å². The molecule has 152 valence electrons. The summed E-state index contributed by atoms with van der Waals surface area (Å²) < 4.78 is 1.94. The Morgan fingerprint density at radius 1 is 1.10 bits per heavy atom. The third-order valence-electron chi connectivity index (χ3n) is 6.09. The van der Waals surface area contributed by atoms with Gasteiger partial charge in [-0.25, -0.2) is 14.6 Å². The molecule has 4 N–H and O–H groups in total. The van der Waals surface area contributed by atoms with Crippen LogP contribution in [0.3, 0.4) is 0 Å². The number of nitrogens with two attached hydrogens (primary N) is 1. The summed E-state index contributed by atoms with van der Waals surface area (Å²) in [6.07, 6.45) is 4.70. The van der Waals surface area contributed by atoms with Crippen LogP contribution in [0.15, 0.2) is 42.6 Å². The van der Waals surface area contributed by atoms with E-state index < -0.39 is 18.0 Å². The minimum Gasteiger partial charge on any atom is -0.478 e. The third-order valence-corrected chi connectivity index (χ3v) is 6.09. The Balaban J connectivity index is 1.88. The molecule has 7 nitrogen and oxygen atoms in total. The number of fused-ring (bicyclic) bond motifs is 3. The maximum atomic E-state index is 12.4. The third kappa shape index (κ3) is 2.81. The number of aromatic nitrogens is 2. The highest BCUT2D eigenvalue weighted by Gasteiger charge is 2.39. The molecule has 0 bridgehead atoms. The summed E-state index contributed by atoms with van der Waals surface area (Å²) in [5.41, 5.74) is 11.3. The quantitative estimate of drug-likeness (QED) is 0.600. The number of hydrogen-bond acceptors (Lipinski definition) is 4. The molecule has 5 rings (SSSR count). The first kappa shape index (κ1) is 18.6. The minimum absolute atomic E-state index is 0.0627. The molecule has 0 spiro atoms. The van der Waals surface area contributed by atoms with E-state index in [0.717, 1.165) is 29.8 Å². The van der Waals surface area contributed by atoms with Crippen LogP contribution in [0.25, 0.3) is 16.9 Å². The van der Waals surface area contributed by atoms with E-state index in [2.05, 4.69) is 4.98 Å². The first-order valence-electron chi connectivity index (χ1n) is 10.0. The van der Waals surface area contributed by atoms with Gasteiger partial charge in [0.15, 0.2) is 0 Å². The largest absolute Gasteiger partial charge is 0.478 e. The van der Waals surface area contributed by atoms with Crippen molar-refractivity contribution >= 4 is 11.9 Å². The van der Waals surface area contributed by atoms with Gasteiger partial charge in [-0.1, -0.05) is 18.2 Å². The Morgan fingerprint density at radius 3 is 2.47 bits per heavy atom. The van der Waals surface area contributed by atoms with Crippen molar-refractivity contribution in [3.8, 4) is 16.9 Å². The summed E-state index contributed by atoms with van der Waals surface area (Å²) in [5.74, 6) is -1.85. The number of benzene rings is 1. The fourth-order valence-electron chi connectivity index (χ4n) is 4.52. The highest BCUT2D eigenvalue weighted by molar-refractivity contribution is 5.96. The summed E-state index contributed by atoms with van der Waals surface area (Å²) in [4.78, 5) is 28.0. The Kier molecular flexibility index (Phi) is 4.22. The van der Waals surface area contributed by atoms with E-state index in [-0.39, 0.29) is 17.2 Å². The Hall–Kier alpha value is -3.45. The molecule has 0 amide bonds. The van der Waals surface area contributed by atoms with Crippen LogP contribution in [-0.2, 0) is 12.8 Å². The van der Waals surface area contributed by atoms with Crippen molar-refractivity contribution in [1.29, 1.82) is 0 Å². The number of carboxylic acids is 2. The molecule has 2 aliphatic carbocycles. The molecule has 0 aliphatic heterocycles. The number of carboxylic acid groups (broad SMARTS) is 2. The number of aryl methyl sites for hydroxylation is 1. The molecule has 1 saturated carbocycles. The van der Waals surface area contributed by atoms with Gasteiger partial charge < -0.3 is 20.5 Å². The predicted octanol–water partition coefficient (Wildman–Crippen LogP) is 3.44. The predicted molar refractivity (Wildman–Crippen MR) is 110 cm³/mol. The van der Waals surface area contributed by atoms with Crippen LogP contribution in [0, 0.1) is 5.92 Å². The van der Waals surface area contributed by atoms with Crippen molar-refractivity contribution in [2.75, 3.05) is 0 Å². The van der Waals surface area contributed by atoms with Crippen LogP contribution < -0.4 is 5.73 Å². The lowest BCUT2D eigenvalue weighted by Gasteiger charge is -2.22. The van der Waals surface area contributed by atoms with E-state index >= 15 is 0 Å². The number of pyridine rings is 1. The summed E-state index contributed by atoms with van der Waals surface area (Å²) in [6.45, 7) is 0. The standard InChI is InChI=1S/C23H21N3O4/c24-19(12-6-7-12)21-18(23(29)30)15-9-8-13-11-25-17(22(27)28)10-16(13)20(15)26(21)14-4-2-1-3-5-14/h1-5,10-12,19H,6-9,24H2,(H,27,28)(H,29,30). The molecule has 30 heavy (non-hydrogen) atoms. The smallest absolute Gasteiger partial charge is 0.354 e. The van der Waals surface area contributed by atoms with E-state index in [1.165, 1.54) is 0 Å². The van der Waals surface area contributed by atoms with E-state index in [1.807, 2.05) is 34.9 Å². The average Bonchev–Trinajstić information content (AvgIpc) is 3.53. The van der Waals surface area contributed by atoms with Crippen molar-refractivity contribution in [3.63, 3.8) is 0 Å². The van der Waals surface area contributed by atoms with Gasteiger partial charge in [0.1, 0.15) is 5.69 Å². The number of rotatable bonds is 5. The topological polar surface area (TPSA) is 118 Å². The van der Waals surface area contributed by atoms with Gasteiger partial charge in [0.05, 0.1) is 17.0 Å². The lowest BCUT2D eigenvalue weighted by Crippen LogP contribution is -2.20. The molecule has 2 heterocycles. The molecule has 2 aromatic heterocycles. The molecule has 1 aromatic carbocycles. The maximum absolute atomic E-state index is 12.4. The van der Waals surface area contributed by atoms with Gasteiger partial charge in [-0.3, -0.25) is 0 Å². The lowest BCUT2D eigenvalue weighted by atomic mass is 9.88. The molecule has 1 fully saturated rings. The second kappa shape index (κ2) is 6.81. The molecule has 0 saturated heterocycles. The molecular weight excluding hydrogens is 382 g/mol. The van der Waals surface area contributed by atoms with Crippen molar-refractivity contribution in [3.05, 3.63) is 70.7 Å². The van der Waals surface area contributed by atoms with E-state index in [0.29, 0.717) is 29.7 Å². The van der Waals surface area contributed by atoms with Crippen LogP contribution >= 0.6 is 0 Å². The van der Waals surface area contributed by atoms with Gasteiger partial charge in [0, 0.05) is 23.5 Å². The molecule has 7 heteroatoms. The number of para-hydroxylation sites is 1. The van der Waals surface area contributed by atoms with Crippen LogP contribution in [-0.4, -0.2) is 31.7 Å². The zero-order chi connectivity index (χ0) is 21.0. The van der Waals surface area contributed by atoms with Gasteiger partial charge >= 0.3 is 11.9 Å². The molecule has 1 atom stereocenters. The first-order chi connectivity index (χ1) is 14.5. The Labute approximate surface area is 172 Å². The highest BCUT2D eigenvalue weighted by Crippen LogP contribution is 2.47. The van der Waals surface area contributed by atoms with Gasteiger partial charge in [0.25, 0.3) is 0 Å². The summed E-state index contributed by atoms with van der Waals surface area (Å²) in [5, 5.41) is 19.6. The average molecular weight is 403 g/mol. The molecular formula is C23H21N3O4. The fourth-order valence-corrected chi connectivity index (χ4v) is 4.52. The summed E-state index contributed by atoms with van der Waals surface area (Å²) >= 11 is 0. The normalized spacial score (nSPS) is 15.9. The van der Waals surface area contributed by atoms with Crippen LogP contribution in [0.4, 0.5) is 0 Å². The van der Waals surface area contributed by atoms with Gasteiger partial charge in [-0.15, -0.1) is 0 Å². The molecule has 2 aliphatic rings. The zero-order valence-corrected chi connectivity index (χ0v) is 16.2. The van der Waals surface area contributed by atoms with Gasteiger partial charge in [-0.05, 0) is 60.9 Å². The SMILES string of the molecule is NC(c1c(C(=O)O)c2c(n1-c1ccccc1)-c1cc(C(=O)O)ncc1CC2)C1CC1. The van der Waals surface area contributed by atoms with Crippen LogP contribution in [0.2, 0.25) is 0 Å².